The summed E-state index contributed by atoms with van der Waals surface area (Å²) in [6, 6.07) is 0.450. The molecule has 1 aromatic rings. The van der Waals surface area contributed by atoms with Crippen LogP contribution in [0.25, 0.3) is 0 Å². The van der Waals surface area contributed by atoms with Crippen molar-refractivity contribution in [1.29, 1.82) is 0 Å². The molecule has 0 radical (unpaired) electrons. The smallest absolute Gasteiger partial charge is 0.135 e. The third kappa shape index (κ3) is 2.34. The molecular formula is C11H22N3+. The van der Waals surface area contributed by atoms with E-state index in [-0.39, 0.29) is 0 Å². The molecule has 3 nitrogen and oxygen atoms in total. The Kier molecular flexibility index (Phi) is 3.67. The van der Waals surface area contributed by atoms with Crippen molar-refractivity contribution in [3.8, 4) is 0 Å². The summed E-state index contributed by atoms with van der Waals surface area (Å²) < 4.78 is 4.18. The van der Waals surface area contributed by atoms with Crippen molar-refractivity contribution in [3.05, 3.63) is 11.9 Å². The van der Waals surface area contributed by atoms with Gasteiger partial charge in [0, 0.05) is 5.92 Å². The molecule has 0 amide bonds. The van der Waals surface area contributed by atoms with E-state index >= 15 is 0 Å². The van der Waals surface area contributed by atoms with Gasteiger partial charge in [0.25, 0.3) is 0 Å². The van der Waals surface area contributed by atoms with E-state index in [0.717, 1.165) is 13.0 Å². The first-order valence-electron chi connectivity index (χ1n) is 5.55. The molecule has 0 atom stereocenters. The Morgan fingerprint density at radius 2 is 2.00 bits per heavy atom. The standard InChI is InChI=1S/C11H22N3/c1-6-7-13-11(9(2)3)8-14(12-13)10(4)5/h8-10H,6-7H2,1-5H3/q+1. The van der Waals surface area contributed by atoms with Crippen LogP contribution in [0.5, 0.6) is 0 Å². The Labute approximate surface area is 86.7 Å². The first-order valence-corrected chi connectivity index (χ1v) is 5.55. The first-order chi connectivity index (χ1) is 6.56. The SMILES string of the molecule is CCCn1n[n+](C(C)C)cc1C(C)C. The Morgan fingerprint density at radius 1 is 1.36 bits per heavy atom. The van der Waals surface area contributed by atoms with Gasteiger partial charge in [0.15, 0.2) is 11.9 Å². The maximum atomic E-state index is 4.55. The molecule has 1 aromatic heterocycles. The molecule has 0 fully saturated rings. The zero-order valence-electron chi connectivity index (χ0n) is 9.99. The minimum atomic E-state index is 0.450. The Hall–Kier alpha value is -0.860. The molecule has 0 aliphatic carbocycles. The van der Waals surface area contributed by atoms with Gasteiger partial charge in [-0.3, -0.25) is 0 Å². The van der Waals surface area contributed by atoms with E-state index in [1.807, 2.05) is 4.68 Å². The van der Waals surface area contributed by atoms with Crippen molar-refractivity contribution < 1.29 is 4.68 Å². The van der Waals surface area contributed by atoms with Gasteiger partial charge in [0.1, 0.15) is 12.6 Å². The van der Waals surface area contributed by atoms with E-state index in [0.29, 0.717) is 12.0 Å². The van der Waals surface area contributed by atoms with Crippen molar-refractivity contribution in [2.45, 2.75) is 59.5 Å². The summed E-state index contributed by atoms with van der Waals surface area (Å²) in [5.41, 5.74) is 1.33. The van der Waals surface area contributed by atoms with Gasteiger partial charge in [-0.15, -0.1) is 9.36 Å². The molecule has 1 rings (SSSR count). The molecule has 80 valence electrons. The highest BCUT2D eigenvalue weighted by atomic mass is 15.5. The third-order valence-corrected chi connectivity index (χ3v) is 2.33. The van der Waals surface area contributed by atoms with E-state index in [9.17, 15) is 0 Å². The van der Waals surface area contributed by atoms with Crippen LogP contribution in [-0.2, 0) is 6.54 Å². The number of aromatic nitrogens is 3. The average molecular weight is 196 g/mol. The highest BCUT2D eigenvalue weighted by molar-refractivity contribution is 4.97. The van der Waals surface area contributed by atoms with Gasteiger partial charge < -0.3 is 0 Å². The van der Waals surface area contributed by atoms with E-state index in [1.165, 1.54) is 5.69 Å². The largest absolute Gasteiger partial charge is 0.170 e. The molecule has 0 N–H and O–H groups in total. The van der Waals surface area contributed by atoms with Crippen LogP contribution in [0.15, 0.2) is 6.20 Å². The summed E-state index contributed by atoms with van der Waals surface area (Å²) in [6.45, 7) is 12.0. The minimum Gasteiger partial charge on any atom is -0.135 e. The lowest BCUT2D eigenvalue weighted by molar-refractivity contribution is -0.772. The molecule has 0 spiro atoms. The molecule has 1 heterocycles. The Balaban J connectivity index is 2.99. The Morgan fingerprint density at radius 3 is 2.43 bits per heavy atom. The van der Waals surface area contributed by atoms with Gasteiger partial charge in [-0.05, 0) is 20.3 Å². The second-order valence-electron chi connectivity index (χ2n) is 4.40. The van der Waals surface area contributed by atoms with Crippen molar-refractivity contribution in [1.82, 2.24) is 9.90 Å². The van der Waals surface area contributed by atoms with Crippen LogP contribution in [0.4, 0.5) is 0 Å². The summed E-state index contributed by atoms with van der Waals surface area (Å²) in [5, 5.41) is 4.55. The molecule has 0 unspecified atom stereocenters. The summed E-state index contributed by atoms with van der Waals surface area (Å²) in [6.07, 6.45) is 3.31. The zero-order chi connectivity index (χ0) is 10.7. The van der Waals surface area contributed by atoms with Gasteiger partial charge >= 0.3 is 0 Å². The molecule has 0 saturated carbocycles. The molecule has 0 aliphatic rings. The lowest BCUT2D eigenvalue weighted by atomic mass is 10.1. The molecular weight excluding hydrogens is 174 g/mol. The van der Waals surface area contributed by atoms with Crippen LogP contribution in [-0.4, -0.2) is 9.90 Å². The molecule has 0 aromatic carbocycles. The summed E-state index contributed by atoms with van der Waals surface area (Å²) >= 11 is 0. The van der Waals surface area contributed by atoms with Gasteiger partial charge in [0.05, 0.1) is 5.21 Å². The fourth-order valence-corrected chi connectivity index (χ4v) is 1.49. The van der Waals surface area contributed by atoms with Gasteiger partial charge in [0.2, 0.25) is 0 Å². The molecule has 14 heavy (non-hydrogen) atoms. The predicted octanol–water partition coefficient (Wildman–Crippen LogP) is 2.28. The maximum absolute atomic E-state index is 4.55. The fraction of sp³-hybridized carbons (Fsp3) is 0.818. The summed E-state index contributed by atoms with van der Waals surface area (Å²) in [7, 11) is 0. The van der Waals surface area contributed by atoms with Crippen LogP contribution in [0.3, 0.4) is 0 Å². The lowest BCUT2D eigenvalue weighted by Crippen LogP contribution is -2.38. The number of nitrogens with zero attached hydrogens (tertiary/aromatic N) is 3. The molecule has 0 bridgehead atoms. The van der Waals surface area contributed by atoms with Crippen LogP contribution >= 0.6 is 0 Å². The molecule has 3 heteroatoms. The van der Waals surface area contributed by atoms with Crippen molar-refractivity contribution in [2.75, 3.05) is 0 Å². The predicted molar refractivity (Wildman–Crippen MR) is 57.2 cm³/mol. The summed E-state index contributed by atoms with van der Waals surface area (Å²) in [5.74, 6) is 0.550. The maximum Gasteiger partial charge on any atom is 0.170 e. The number of hydrogen-bond donors (Lipinski definition) is 0. The van der Waals surface area contributed by atoms with Crippen LogP contribution < -0.4 is 4.68 Å². The minimum absolute atomic E-state index is 0.450. The topological polar surface area (TPSA) is 21.7 Å². The van der Waals surface area contributed by atoms with Gasteiger partial charge in [-0.25, -0.2) is 0 Å². The van der Waals surface area contributed by atoms with E-state index in [4.69, 9.17) is 0 Å². The summed E-state index contributed by atoms with van der Waals surface area (Å²) in [4.78, 5) is 0. The highest BCUT2D eigenvalue weighted by Crippen LogP contribution is 2.12. The van der Waals surface area contributed by atoms with E-state index in [1.54, 1.807) is 0 Å². The highest BCUT2D eigenvalue weighted by Gasteiger charge is 2.19. The number of rotatable bonds is 4. The van der Waals surface area contributed by atoms with Crippen LogP contribution in [0, 0.1) is 0 Å². The lowest BCUT2D eigenvalue weighted by Gasteiger charge is -1.98. The number of aryl methyl sites for hydroxylation is 1. The van der Waals surface area contributed by atoms with Crippen LogP contribution in [0.2, 0.25) is 0 Å². The van der Waals surface area contributed by atoms with Crippen molar-refractivity contribution in [2.24, 2.45) is 0 Å². The second kappa shape index (κ2) is 4.58. The second-order valence-corrected chi connectivity index (χ2v) is 4.40. The van der Waals surface area contributed by atoms with Gasteiger partial charge in [-0.1, -0.05) is 20.8 Å². The number of hydrogen-bond acceptors (Lipinski definition) is 1. The normalized spacial score (nSPS) is 11.6. The van der Waals surface area contributed by atoms with E-state index < -0.39 is 0 Å². The van der Waals surface area contributed by atoms with Gasteiger partial charge in [-0.2, -0.15) is 0 Å². The fourth-order valence-electron chi connectivity index (χ4n) is 1.49. The average Bonchev–Trinajstić information content (AvgIpc) is 2.49. The quantitative estimate of drug-likeness (QED) is 0.677. The first kappa shape index (κ1) is 11.2. The monoisotopic (exact) mass is 196 g/mol. The van der Waals surface area contributed by atoms with Crippen molar-refractivity contribution in [3.63, 3.8) is 0 Å². The van der Waals surface area contributed by atoms with Crippen LogP contribution in [0.1, 0.15) is 58.7 Å². The van der Waals surface area contributed by atoms with E-state index in [2.05, 4.69) is 50.7 Å². The third-order valence-electron chi connectivity index (χ3n) is 2.33. The van der Waals surface area contributed by atoms with Crippen molar-refractivity contribution >= 4 is 0 Å². The molecule has 0 saturated heterocycles. The molecule has 0 aliphatic heterocycles. The zero-order valence-corrected chi connectivity index (χ0v) is 9.99. The Bertz CT molecular complexity index is 287.